The maximum absolute atomic E-state index is 3.87. The summed E-state index contributed by atoms with van der Waals surface area (Å²) in [5.74, 6) is 0. The smallest absolute Gasteiger partial charge is 0.0646 e. The van der Waals surface area contributed by atoms with Gasteiger partial charge in [-0.1, -0.05) is 18.2 Å². The van der Waals surface area contributed by atoms with Crippen LogP contribution in [0.1, 0.15) is 12.1 Å². The Labute approximate surface area is 59.3 Å². The van der Waals surface area contributed by atoms with Gasteiger partial charge < -0.3 is 0 Å². The first kappa shape index (κ1) is 5.47. The van der Waals surface area contributed by atoms with Crippen LogP contribution in [0.25, 0.3) is 5.57 Å². The molecular formula is C8H8N2. The summed E-state index contributed by atoms with van der Waals surface area (Å²) in [6.07, 6.45) is 9.23. The minimum absolute atomic E-state index is 1.05. The van der Waals surface area contributed by atoms with E-state index in [-0.39, 0.29) is 0 Å². The molecule has 0 atom stereocenters. The summed E-state index contributed by atoms with van der Waals surface area (Å²) >= 11 is 0. The van der Waals surface area contributed by atoms with Gasteiger partial charge >= 0.3 is 0 Å². The summed E-state index contributed by atoms with van der Waals surface area (Å²) < 4.78 is 0. The molecule has 1 aromatic rings. The molecule has 1 aromatic heterocycles. The molecule has 1 heterocycles. The van der Waals surface area contributed by atoms with Gasteiger partial charge in [0, 0.05) is 6.20 Å². The van der Waals surface area contributed by atoms with Crippen LogP contribution in [0, 0.1) is 0 Å². The molecular weight excluding hydrogens is 124 g/mol. The van der Waals surface area contributed by atoms with E-state index in [2.05, 4.69) is 28.4 Å². The molecule has 0 bridgehead atoms. The van der Waals surface area contributed by atoms with Gasteiger partial charge in [-0.2, -0.15) is 5.10 Å². The zero-order valence-corrected chi connectivity index (χ0v) is 5.54. The fraction of sp³-hybridized carbons (Fsp3) is 0.125. The van der Waals surface area contributed by atoms with Crippen LogP contribution in [0.5, 0.6) is 0 Å². The van der Waals surface area contributed by atoms with Crippen molar-refractivity contribution in [2.24, 2.45) is 0 Å². The van der Waals surface area contributed by atoms with Gasteiger partial charge in [-0.25, -0.2) is 0 Å². The van der Waals surface area contributed by atoms with E-state index < -0.39 is 0 Å². The molecule has 0 saturated carbocycles. The van der Waals surface area contributed by atoms with Crippen LogP contribution in [0.2, 0.25) is 0 Å². The number of aromatic amines is 1. The topological polar surface area (TPSA) is 28.7 Å². The normalized spacial score (nSPS) is 15.8. The maximum atomic E-state index is 3.87. The molecule has 1 N–H and O–H groups in total. The van der Waals surface area contributed by atoms with E-state index in [4.69, 9.17) is 0 Å². The standard InChI is InChI=1S/C8H8N2/c1-2-4-7(3-1)8-5-6-9-10-8/h1,3-6H,2H2,(H,9,10). The molecule has 1 aliphatic carbocycles. The molecule has 2 heteroatoms. The van der Waals surface area contributed by atoms with Gasteiger partial charge in [-0.15, -0.1) is 0 Å². The molecule has 0 saturated heterocycles. The fourth-order valence-corrected chi connectivity index (χ4v) is 1.07. The third-order valence-electron chi connectivity index (χ3n) is 1.58. The average Bonchev–Trinajstić information content (AvgIpc) is 2.59. The Kier molecular flexibility index (Phi) is 1.17. The molecule has 0 amide bonds. The largest absolute Gasteiger partial charge is 0.278 e. The molecule has 0 aliphatic heterocycles. The molecule has 0 fully saturated rings. The summed E-state index contributed by atoms with van der Waals surface area (Å²) in [5, 5.41) is 6.78. The number of rotatable bonds is 1. The predicted molar refractivity (Wildman–Crippen MR) is 40.3 cm³/mol. The Hall–Kier alpha value is -1.31. The van der Waals surface area contributed by atoms with Crippen molar-refractivity contribution < 1.29 is 0 Å². The second kappa shape index (κ2) is 2.14. The van der Waals surface area contributed by atoms with Gasteiger partial charge in [-0.05, 0) is 18.1 Å². The van der Waals surface area contributed by atoms with Crippen molar-refractivity contribution in [3.05, 3.63) is 36.2 Å². The van der Waals surface area contributed by atoms with E-state index in [9.17, 15) is 0 Å². The van der Waals surface area contributed by atoms with Crippen molar-refractivity contribution in [1.29, 1.82) is 0 Å². The molecule has 1 aliphatic rings. The van der Waals surface area contributed by atoms with Crippen molar-refractivity contribution in [2.75, 3.05) is 0 Å². The van der Waals surface area contributed by atoms with Gasteiger partial charge in [0.1, 0.15) is 0 Å². The predicted octanol–water partition coefficient (Wildman–Crippen LogP) is 1.75. The van der Waals surface area contributed by atoms with E-state index in [0.29, 0.717) is 0 Å². The van der Waals surface area contributed by atoms with Crippen LogP contribution in [0.15, 0.2) is 30.5 Å². The number of nitrogens with one attached hydrogen (secondary N) is 1. The molecule has 0 spiro atoms. The lowest BCUT2D eigenvalue weighted by Gasteiger charge is -1.89. The summed E-state index contributed by atoms with van der Waals surface area (Å²) in [6, 6.07) is 1.97. The molecule has 2 nitrogen and oxygen atoms in total. The number of allylic oxidation sites excluding steroid dienone is 4. The zero-order valence-electron chi connectivity index (χ0n) is 5.54. The summed E-state index contributed by atoms with van der Waals surface area (Å²) in [6.45, 7) is 0. The molecule has 0 unspecified atom stereocenters. The van der Waals surface area contributed by atoms with Crippen molar-refractivity contribution in [3.8, 4) is 0 Å². The van der Waals surface area contributed by atoms with Crippen LogP contribution >= 0.6 is 0 Å². The van der Waals surface area contributed by atoms with Gasteiger partial charge in [0.15, 0.2) is 0 Å². The Morgan fingerprint density at radius 2 is 2.50 bits per heavy atom. The molecule has 10 heavy (non-hydrogen) atoms. The van der Waals surface area contributed by atoms with E-state index in [1.165, 1.54) is 5.57 Å². The number of nitrogens with zero attached hydrogens (tertiary/aromatic N) is 1. The van der Waals surface area contributed by atoms with Gasteiger partial charge in [0.25, 0.3) is 0 Å². The lowest BCUT2D eigenvalue weighted by Crippen LogP contribution is -1.77. The quantitative estimate of drug-likeness (QED) is 0.619. The first-order valence-electron chi connectivity index (χ1n) is 3.33. The highest BCUT2D eigenvalue weighted by Gasteiger charge is 2.00. The maximum Gasteiger partial charge on any atom is 0.0646 e. The fourth-order valence-electron chi connectivity index (χ4n) is 1.07. The Morgan fingerprint density at radius 3 is 3.10 bits per heavy atom. The monoisotopic (exact) mass is 132 g/mol. The highest BCUT2D eigenvalue weighted by molar-refractivity contribution is 5.73. The van der Waals surface area contributed by atoms with Crippen molar-refractivity contribution in [1.82, 2.24) is 10.2 Å². The third kappa shape index (κ3) is 0.778. The molecule has 2 rings (SSSR count). The molecule has 0 radical (unpaired) electrons. The third-order valence-corrected chi connectivity index (χ3v) is 1.58. The van der Waals surface area contributed by atoms with Gasteiger partial charge in [-0.3, -0.25) is 5.10 Å². The van der Waals surface area contributed by atoms with E-state index in [1.807, 2.05) is 6.07 Å². The summed E-state index contributed by atoms with van der Waals surface area (Å²) in [7, 11) is 0. The van der Waals surface area contributed by atoms with Crippen LogP contribution in [0.3, 0.4) is 0 Å². The van der Waals surface area contributed by atoms with Gasteiger partial charge in [0.05, 0.1) is 5.69 Å². The second-order valence-electron chi connectivity index (χ2n) is 2.27. The number of hydrogen-bond acceptors (Lipinski definition) is 1. The number of H-pyrrole nitrogens is 1. The first-order valence-corrected chi connectivity index (χ1v) is 3.33. The van der Waals surface area contributed by atoms with Crippen LogP contribution < -0.4 is 0 Å². The minimum atomic E-state index is 1.05. The van der Waals surface area contributed by atoms with E-state index >= 15 is 0 Å². The molecule has 50 valence electrons. The number of hydrogen-bond donors (Lipinski definition) is 1. The number of aromatic nitrogens is 2. The first-order chi connectivity index (χ1) is 4.97. The van der Waals surface area contributed by atoms with Crippen LogP contribution in [-0.2, 0) is 0 Å². The lowest BCUT2D eigenvalue weighted by atomic mass is 10.2. The van der Waals surface area contributed by atoms with Crippen molar-refractivity contribution >= 4 is 5.57 Å². The van der Waals surface area contributed by atoms with Crippen molar-refractivity contribution in [2.45, 2.75) is 6.42 Å². The van der Waals surface area contributed by atoms with Crippen LogP contribution in [0.4, 0.5) is 0 Å². The Balaban J connectivity index is 2.36. The zero-order chi connectivity index (χ0) is 6.81. The summed E-state index contributed by atoms with van der Waals surface area (Å²) in [5.41, 5.74) is 2.35. The van der Waals surface area contributed by atoms with Gasteiger partial charge in [0.2, 0.25) is 0 Å². The highest BCUT2D eigenvalue weighted by atomic mass is 15.1. The van der Waals surface area contributed by atoms with Crippen LogP contribution in [-0.4, -0.2) is 10.2 Å². The molecule has 0 aromatic carbocycles. The lowest BCUT2D eigenvalue weighted by molar-refractivity contribution is 1.08. The highest BCUT2D eigenvalue weighted by Crippen LogP contribution is 2.18. The SMILES string of the molecule is C1=CC(c2ccn[nH]2)=CC1. The summed E-state index contributed by atoms with van der Waals surface area (Å²) in [4.78, 5) is 0. The minimum Gasteiger partial charge on any atom is -0.278 e. The second-order valence-corrected chi connectivity index (χ2v) is 2.27. The van der Waals surface area contributed by atoms with Crippen molar-refractivity contribution in [3.63, 3.8) is 0 Å². The van der Waals surface area contributed by atoms with E-state index in [1.54, 1.807) is 6.20 Å². The Bertz CT molecular complexity index is 267. The Morgan fingerprint density at radius 1 is 1.50 bits per heavy atom. The van der Waals surface area contributed by atoms with E-state index in [0.717, 1.165) is 12.1 Å². The average molecular weight is 132 g/mol.